The second kappa shape index (κ2) is 10.8. The normalized spacial score (nSPS) is 17.6. The largest absolute Gasteiger partial charge is 0.508 e. The molecule has 0 radical (unpaired) electrons. The summed E-state index contributed by atoms with van der Waals surface area (Å²) in [7, 11) is 0. The number of benzene rings is 1. The van der Waals surface area contributed by atoms with E-state index in [-0.39, 0.29) is 11.8 Å². The number of nitrogens with one attached hydrogen (secondary N) is 2. The van der Waals surface area contributed by atoms with Gasteiger partial charge >= 0.3 is 11.8 Å². The van der Waals surface area contributed by atoms with Crippen molar-refractivity contribution in [3.8, 4) is 5.75 Å². The molecule has 26 heavy (non-hydrogen) atoms. The molecule has 0 bridgehead atoms. The Morgan fingerprint density at radius 3 is 1.96 bits per heavy atom. The van der Waals surface area contributed by atoms with Gasteiger partial charge < -0.3 is 15.7 Å². The first-order valence-corrected chi connectivity index (χ1v) is 9.98. The van der Waals surface area contributed by atoms with E-state index in [0.29, 0.717) is 5.69 Å². The van der Waals surface area contributed by atoms with Crippen molar-refractivity contribution in [1.29, 1.82) is 0 Å². The van der Waals surface area contributed by atoms with Crippen LogP contribution in [0, 0.1) is 6.92 Å². The van der Waals surface area contributed by atoms with Gasteiger partial charge in [-0.05, 0) is 43.5 Å². The lowest BCUT2D eigenvalue weighted by atomic mass is 9.98. The molecular formula is C21H32N2O3. The van der Waals surface area contributed by atoms with Crippen LogP contribution in [0.3, 0.4) is 0 Å². The van der Waals surface area contributed by atoms with Gasteiger partial charge in [0, 0.05) is 11.7 Å². The molecule has 1 fully saturated rings. The lowest BCUT2D eigenvalue weighted by Gasteiger charge is -2.19. The van der Waals surface area contributed by atoms with Crippen LogP contribution >= 0.6 is 0 Å². The molecule has 1 saturated carbocycles. The quantitative estimate of drug-likeness (QED) is 0.539. The highest BCUT2D eigenvalue weighted by molar-refractivity contribution is 6.39. The van der Waals surface area contributed by atoms with E-state index in [9.17, 15) is 14.7 Å². The van der Waals surface area contributed by atoms with E-state index in [2.05, 4.69) is 10.6 Å². The summed E-state index contributed by atoms with van der Waals surface area (Å²) in [6.07, 6.45) is 13.0. The smallest absolute Gasteiger partial charge is 0.313 e. The topological polar surface area (TPSA) is 78.4 Å². The number of hydrogen-bond donors (Lipinski definition) is 3. The summed E-state index contributed by atoms with van der Waals surface area (Å²) in [5.74, 6) is -1.09. The molecule has 0 saturated heterocycles. The zero-order valence-electron chi connectivity index (χ0n) is 15.9. The summed E-state index contributed by atoms with van der Waals surface area (Å²) in [6, 6.07) is 4.73. The van der Waals surface area contributed by atoms with Crippen LogP contribution in [0.2, 0.25) is 0 Å². The van der Waals surface area contributed by atoms with Gasteiger partial charge in [-0.1, -0.05) is 57.8 Å². The summed E-state index contributed by atoms with van der Waals surface area (Å²) >= 11 is 0. The van der Waals surface area contributed by atoms with Gasteiger partial charge in [-0.3, -0.25) is 9.59 Å². The summed E-state index contributed by atoms with van der Waals surface area (Å²) in [5.41, 5.74) is 1.26. The van der Waals surface area contributed by atoms with Crippen molar-refractivity contribution in [2.45, 2.75) is 83.6 Å². The number of hydrogen-bond acceptors (Lipinski definition) is 3. The number of aryl methyl sites for hydroxylation is 1. The van der Waals surface area contributed by atoms with Crippen LogP contribution in [0.15, 0.2) is 18.2 Å². The minimum atomic E-state index is -0.648. The monoisotopic (exact) mass is 360 g/mol. The molecule has 1 aromatic carbocycles. The van der Waals surface area contributed by atoms with Crippen molar-refractivity contribution in [1.82, 2.24) is 5.32 Å². The van der Waals surface area contributed by atoms with E-state index in [1.165, 1.54) is 51.0 Å². The van der Waals surface area contributed by atoms with Gasteiger partial charge in [-0.2, -0.15) is 0 Å². The molecule has 0 atom stereocenters. The standard InChI is InChI=1S/C21H32N2O3/c1-16-15-18(24)13-14-19(16)23-21(26)20(25)22-17-11-9-7-5-3-2-4-6-8-10-12-17/h13-15,17,24H,2-12H2,1H3,(H,22,25)(H,23,26). The third-order valence-electron chi connectivity index (χ3n) is 5.10. The number of aromatic hydroxyl groups is 1. The van der Waals surface area contributed by atoms with Crippen LogP contribution < -0.4 is 10.6 Å². The van der Waals surface area contributed by atoms with Gasteiger partial charge in [0.25, 0.3) is 0 Å². The maximum atomic E-state index is 12.3. The lowest BCUT2D eigenvalue weighted by molar-refractivity contribution is -0.136. The molecule has 0 heterocycles. The van der Waals surface area contributed by atoms with Gasteiger partial charge in [-0.25, -0.2) is 0 Å². The van der Waals surface area contributed by atoms with E-state index in [0.717, 1.165) is 31.2 Å². The molecule has 5 heteroatoms. The van der Waals surface area contributed by atoms with Crippen LogP contribution in [0.4, 0.5) is 5.69 Å². The maximum absolute atomic E-state index is 12.3. The number of rotatable bonds is 2. The average Bonchev–Trinajstić information content (AvgIpc) is 2.59. The van der Waals surface area contributed by atoms with Crippen molar-refractivity contribution in [2.24, 2.45) is 0 Å². The molecule has 1 aromatic rings. The zero-order valence-corrected chi connectivity index (χ0v) is 15.9. The zero-order chi connectivity index (χ0) is 18.8. The van der Waals surface area contributed by atoms with Crippen LogP contribution in [-0.2, 0) is 9.59 Å². The van der Waals surface area contributed by atoms with Crippen molar-refractivity contribution in [3.63, 3.8) is 0 Å². The van der Waals surface area contributed by atoms with Crippen molar-refractivity contribution in [2.75, 3.05) is 5.32 Å². The van der Waals surface area contributed by atoms with Gasteiger partial charge in [0.2, 0.25) is 0 Å². The molecule has 0 spiro atoms. The highest BCUT2D eigenvalue weighted by Gasteiger charge is 2.19. The Morgan fingerprint density at radius 1 is 0.885 bits per heavy atom. The Kier molecular flexibility index (Phi) is 8.45. The molecule has 1 aliphatic rings. The number of anilines is 1. The van der Waals surface area contributed by atoms with Crippen LogP contribution in [0.25, 0.3) is 0 Å². The predicted octanol–water partition coefficient (Wildman–Crippen LogP) is 4.43. The number of amides is 2. The highest BCUT2D eigenvalue weighted by Crippen LogP contribution is 2.20. The minimum absolute atomic E-state index is 0.0774. The summed E-state index contributed by atoms with van der Waals surface area (Å²) in [4.78, 5) is 24.5. The SMILES string of the molecule is Cc1cc(O)ccc1NC(=O)C(=O)NC1CCCCCCCCCCC1. The molecule has 1 aliphatic carbocycles. The van der Waals surface area contributed by atoms with E-state index >= 15 is 0 Å². The Balaban J connectivity index is 1.86. The van der Waals surface area contributed by atoms with Gasteiger partial charge in [0.1, 0.15) is 5.75 Å². The molecule has 2 rings (SSSR count). The Morgan fingerprint density at radius 2 is 1.42 bits per heavy atom. The third-order valence-corrected chi connectivity index (χ3v) is 5.10. The van der Waals surface area contributed by atoms with Gasteiger partial charge in [0.15, 0.2) is 0 Å². The molecule has 2 amide bonds. The molecule has 3 N–H and O–H groups in total. The van der Waals surface area contributed by atoms with E-state index in [1.807, 2.05) is 0 Å². The number of phenols is 1. The van der Waals surface area contributed by atoms with Crippen LogP contribution in [0.5, 0.6) is 5.75 Å². The Labute approximate surface area is 156 Å². The number of phenolic OH excluding ortho intramolecular Hbond substituents is 1. The number of carbonyl (C=O) groups is 2. The fraction of sp³-hybridized carbons (Fsp3) is 0.619. The Hall–Kier alpha value is -2.04. The summed E-state index contributed by atoms with van der Waals surface area (Å²) in [6.45, 7) is 1.78. The first kappa shape index (κ1) is 20.3. The average molecular weight is 360 g/mol. The van der Waals surface area contributed by atoms with Crippen LogP contribution in [-0.4, -0.2) is 23.0 Å². The van der Waals surface area contributed by atoms with Crippen LogP contribution in [0.1, 0.15) is 76.2 Å². The Bertz CT molecular complexity index is 589. The predicted molar refractivity (Wildman–Crippen MR) is 104 cm³/mol. The fourth-order valence-electron chi connectivity index (χ4n) is 3.53. The lowest BCUT2D eigenvalue weighted by Crippen LogP contribution is -2.42. The van der Waals surface area contributed by atoms with E-state index in [1.54, 1.807) is 19.1 Å². The van der Waals surface area contributed by atoms with Crippen molar-refractivity contribution >= 4 is 17.5 Å². The first-order valence-electron chi connectivity index (χ1n) is 9.98. The summed E-state index contributed by atoms with van der Waals surface area (Å²) in [5, 5.41) is 15.0. The third kappa shape index (κ3) is 7.06. The number of carbonyl (C=O) groups excluding carboxylic acids is 2. The van der Waals surface area contributed by atoms with E-state index in [4.69, 9.17) is 0 Å². The fourth-order valence-corrected chi connectivity index (χ4v) is 3.53. The van der Waals surface area contributed by atoms with Gasteiger partial charge in [0.05, 0.1) is 0 Å². The molecule has 0 aromatic heterocycles. The molecule has 144 valence electrons. The van der Waals surface area contributed by atoms with Gasteiger partial charge in [-0.15, -0.1) is 0 Å². The summed E-state index contributed by atoms with van der Waals surface area (Å²) < 4.78 is 0. The molecule has 0 aliphatic heterocycles. The first-order chi connectivity index (χ1) is 12.6. The molecular weight excluding hydrogens is 328 g/mol. The van der Waals surface area contributed by atoms with Crippen molar-refractivity contribution < 1.29 is 14.7 Å². The second-order valence-corrected chi connectivity index (χ2v) is 7.38. The maximum Gasteiger partial charge on any atom is 0.313 e. The van der Waals surface area contributed by atoms with Crippen molar-refractivity contribution in [3.05, 3.63) is 23.8 Å². The second-order valence-electron chi connectivity index (χ2n) is 7.38. The highest BCUT2D eigenvalue weighted by atomic mass is 16.3. The van der Waals surface area contributed by atoms with E-state index < -0.39 is 11.8 Å². The minimum Gasteiger partial charge on any atom is -0.508 e. The molecule has 0 unspecified atom stereocenters. The molecule has 5 nitrogen and oxygen atoms in total.